The van der Waals surface area contributed by atoms with E-state index < -0.39 is 17.5 Å². The molecule has 2 N–H and O–H groups in total. The number of hydrogen-bond acceptors (Lipinski definition) is 5. The van der Waals surface area contributed by atoms with Gasteiger partial charge in [0.05, 0.1) is 11.8 Å². The predicted molar refractivity (Wildman–Crippen MR) is 162 cm³/mol. The highest BCUT2D eigenvalue weighted by Crippen LogP contribution is 2.38. The van der Waals surface area contributed by atoms with E-state index in [4.69, 9.17) is 11.6 Å². The van der Waals surface area contributed by atoms with Crippen LogP contribution in [0.5, 0.6) is 0 Å². The SMILES string of the molecule is CN1N=C2CCN(C(=O)C(Cc3ccc(Cl)cc3)NC(=O)C3Cc4ccccc4CN3)CC2(Cc2ccccc2)C1=O. The van der Waals surface area contributed by atoms with E-state index in [1.807, 2.05) is 60.7 Å². The van der Waals surface area contributed by atoms with E-state index in [0.29, 0.717) is 43.8 Å². The molecule has 0 aliphatic carbocycles. The molecule has 8 nitrogen and oxygen atoms in total. The van der Waals surface area contributed by atoms with E-state index in [-0.39, 0.29) is 24.3 Å². The molecule has 3 atom stereocenters. The monoisotopic (exact) mass is 583 g/mol. The number of amides is 3. The largest absolute Gasteiger partial charge is 0.343 e. The molecular formula is C33H34ClN5O3. The van der Waals surface area contributed by atoms with Gasteiger partial charge in [-0.15, -0.1) is 0 Å². The molecule has 3 aliphatic heterocycles. The van der Waals surface area contributed by atoms with Crippen LogP contribution in [0, 0.1) is 5.41 Å². The number of benzene rings is 3. The van der Waals surface area contributed by atoms with Gasteiger partial charge in [-0.25, -0.2) is 5.01 Å². The minimum Gasteiger partial charge on any atom is -0.343 e. The van der Waals surface area contributed by atoms with Crippen molar-refractivity contribution in [2.24, 2.45) is 10.5 Å². The summed E-state index contributed by atoms with van der Waals surface area (Å²) in [5, 5.41) is 13.0. The van der Waals surface area contributed by atoms with Gasteiger partial charge in [-0.1, -0.05) is 78.3 Å². The van der Waals surface area contributed by atoms with Gasteiger partial charge >= 0.3 is 0 Å². The number of halogens is 1. The van der Waals surface area contributed by atoms with Crippen LogP contribution in [0.2, 0.25) is 5.02 Å². The molecule has 3 aromatic carbocycles. The Balaban J connectivity index is 1.25. The third kappa shape index (κ3) is 5.56. The fourth-order valence-electron chi connectivity index (χ4n) is 6.40. The number of likely N-dealkylation sites (tertiary alicyclic amines) is 1. The Bertz CT molecular complexity index is 1530. The quantitative estimate of drug-likeness (QED) is 0.446. The van der Waals surface area contributed by atoms with Crippen molar-refractivity contribution < 1.29 is 14.4 Å². The lowest BCUT2D eigenvalue weighted by molar-refractivity contribution is -0.142. The van der Waals surface area contributed by atoms with Gasteiger partial charge in [0.2, 0.25) is 11.8 Å². The molecule has 0 bridgehead atoms. The molecule has 0 spiro atoms. The first-order valence-corrected chi connectivity index (χ1v) is 14.7. The van der Waals surface area contributed by atoms with Crippen LogP contribution in [0.4, 0.5) is 0 Å². The molecule has 0 saturated carbocycles. The zero-order valence-corrected chi connectivity index (χ0v) is 24.3. The summed E-state index contributed by atoms with van der Waals surface area (Å²) in [6.07, 6.45) is 1.81. The molecule has 3 heterocycles. The highest BCUT2D eigenvalue weighted by Gasteiger charge is 2.53. The van der Waals surface area contributed by atoms with Crippen LogP contribution >= 0.6 is 11.6 Å². The maximum Gasteiger partial charge on any atom is 0.256 e. The van der Waals surface area contributed by atoms with E-state index in [2.05, 4.69) is 21.8 Å². The Labute approximate surface area is 250 Å². The molecule has 1 fully saturated rings. The van der Waals surface area contributed by atoms with Gasteiger partial charge in [0, 0.05) is 44.5 Å². The number of carbonyl (C=O) groups excluding carboxylic acids is 3. The average molecular weight is 584 g/mol. The summed E-state index contributed by atoms with van der Waals surface area (Å²) in [6.45, 7) is 1.23. The van der Waals surface area contributed by atoms with Crippen LogP contribution < -0.4 is 10.6 Å². The number of carbonyl (C=O) groups is 3. The van der Waals surface area contributed by atoms with E-state index in [0.717, 1.165) is 22.4 Å². The molecule has 3 aromatic rings. The highest BCUT2D eigenvalue weighted by molar-refractivity contribution is 6.30. The maximum absolute atomic E-state index is 14.3. The van der Waals surface area contributed by atoms with Crippen LogP contribution in [0.15, 0.2) is 84.0 Å². The van der Waals surface area contributed by atoms with E-state index in [1.165, 1.54) is 10.6 Å². The summed E-state index contributed by atoms with van der Waals surface area (Å²) < 4.78 is 0. The summed E-state index contributed by atoms with van der Waals surface area (Å²) in [5.74, 6) is -0.530. The van der Waals surface area contributed by atoms with Crippen LogP contribution in [0.3, 0.4) is 0 Å². The van der Waals surface area contributed by atoms with Gasteiger partial charge in [0.15, 0.2) is 0 Å². The Kier molecular flexibility index (Phi) is 7.84. The molecule has 6 rings (SSSR count). The molecule has 42 heavy (non-hydrogen) atoms. The standard InChI is InChI=1S/C33H34ClN5O3/c1-38-32(42)33(19-23-7-3-2-4-8-23)21-39(16-15-29(33)37-38)31(41)28(17-22-11-13-26(34)14-12-22)36-30(40)27-18-24-9-5-6-10-25(24)20-35-27/h2-14,27-28,35H,15-21H2,1H3,(H,36,40). The van der Waals surface area contributed by atoms with Crippen molar-refractivity contribution in [3.63, 3.8) is 0 Å². The molecule has 3 aliphatic rings. The first kappa shape index (κ1) is 28.1. The summed E-state index contributed by atoms with van der Waals surface area (Å²) in [6, 6.07) is 24.0. The fourth-order valence-corrected chi connectivity index (χ4v) is 6.53. The molecule has 216 valence electrons. The number of nitrogens with zero attached hydrogens (tertiary/aromatic N) is 3. The Hall–Kier alpha value is -4.01. The van der Waals surface area contributed by atoms with Gasteiger partial charge < -0.3 is 15.5 Å². The summed E-state index contributed by atoms with van der Waals surface area (Å²) in [5.41, 5.74) is 4.09. The number of nitrogens with one attached hydrogen (secondary N) is 2. The summed E-state index contributed by atoms with van der Waals surface area (Å²) >= 11 is 6.12. The molecule has 3 amide bonds. The minimum atomic E-state index is -0.923. The smallest absolute Gasteiger partial charge is 0.256 e. The topological polar surface area (TPSA) is 94.1 Å². The van der Waals surface area contributed by atoms with E-state index >= 15 is 0 Å². The molecule has 3 unspecified atom stereocenters. The molecule has 1 saturated heterocycles. The second-order valence-electron chi connectivity index (χ2n) is 11.4. The van der Waals surface area contributed by atoms with Crippen molar-refractivity contribution in [1.82, 2.24) is 20.5 Å². The van der Waals surface area contributed by atoms with Crippen LogP contribution in [0.1, 0.15) is 28.7 Å². The van der Waals surface area contributed by atoms with E-state index in [9.17, 15) is 14.4 Å². The van der Waals surface area contributed by atoms with Crippen molar-refractivity contribution in [3.8, 4) is 0 Å². The van der Waals surface area contributed by atoms with Crippen molar-refractivity contribution in [2.75, 3.05) is 20.1 Å². The number of fused-ring (bicyclic) bond motifs is 2. The lowest BCUT2D eigenvalue weighted by Crippen LogP contribution is -2.60. The Morgan fingerprint density at radius 3 is 2.50 bits per heavy atom. The third-order valence-corrected chi connectivity index (χ3v) is 8.88. The second kappa shape index (κ2) is 11.7. The zero-order chi connectivity index (χ0) is 29.3. The van der Waals surface area contributed by atoms with Crippen molar-refractivity contribution in [3.05, 3.63) is 106 Å². The molecule has 0 radical (unpaired) electrons. The van der Waals surface area contributed by atoms with Crippen molar-refractivity contribution in [2.45, 2.75) is 44.3 Å². The fraction of sp³-hybridized carbons (Fsp3) is 0.333. The number of rotatable bonds is 7. The Morgan fingerprint density at radius 1 is 1.02 bits per heavy atom. The minimum absolute atomic E-state index is 0.109. The van der Waals surface area contributed by atoms with Crippen molar-refractivity contribution in [1.29, 1.82) is 0 Å². The first-order valence-electron chi connectivity index (χ1n) is 14.4. The second-order valence-corrected chi connectivity index (χ2v) is 11.9. The lowest BCUT2D eigenvalue weighted by atomic mass is 9.73. The van der Waals surface area contributed by atoms with Crippen LogP contribution in [0.25, 0.3) is 0 Å². The average Bonchev–Trinajstić information content (AvgIpc) is 3.26. The molecule has 0 aromatic heterocycles. The van der Waals surface area contributed by atoms with Gasteiger partial charge in [-0.3, -0.25) is 14.4 Å². The lowest BCUT2D eigenvalue weighted by Gasteiger charge is -2.41. The number of hydrazone groups is 1. The number of hydrogen-bond donors (Lipinski definition) is 2. The zero-order valence-electron chi connectivity index (χ0n) is 23.6. The number of piperidine rings is 1. The summed E-state index contributed by atoms with van der Waals surface area (Å²) in [4.78, 5) is 43.2. The van der Waals surface area contributed by atoms with Gasteiger partial charge in [0.25, 0.3) is 5.91 Å². The Morgan fingerprint density at radius 2 is 1.74 bits per heavy atom. The third-order valence-electron chi connectivity index (χ3n) is 8.63. The van der Waals surface area contributed by atoms with Gasteiger partial charge in [-0.05, 0) is 47.2 Å². The van der Waals surface area contributed by atoms with Gasteiger partial charge in [-0.2, -0.15) is 5.10 Å². The first-order chi connectivity index (χ1) is 20.3. The van der Waals surface area contributed by atoms with Crippen molar-refractivity contribution >= 4 is 35.0 Å². The van der Waals surface area contributed by atoms with Crippen LogP contribution in [-0.4, -0.2) is 65.6 Å². The normalized spacial score (nSPS) is 22.2. The molecule has 9 heteroatoms. The highest BCUT2D eigenvalue weighted by atomic mass is 35.5. The predicted octanol–water partition coefficient (Wildman–Crippen LogP) is 3.37. The van der Waals surface area contributed by atoms with Gasteiger partial charge in [0.1, 0.15) is 11.5 Å². The van der Waals surface area contributed by atoms with E-state index in [1.54, 1.807) is 24.1 Å². The summed E-state index contributed by atoms with van der Waals surface area (Å²) in [7, 11) is 1.67. The molecular weight excluding hydrogens is 550 g/mol. The van der Waals surface area contributed by atoms with Crippen LogP contribution in [-0.2, 0) is 40.2 Å². The maximum atomic E-state index is 14.3.